The number of aromatic nitrogens is 5. The molecule has 8 heteroatoms. The lowest BCUT2D eigenvalue weighted by atomic mass is 10.2. The van der Waals surface area contributed by atoms with E-state index < -0.39 is 0 Å². The topological polar surface area (TPSA) is 77.7 Å². The van der Waals surface area contributed by atoms with Crippen molar-refractivity contribution in [1.29, 1.82) is 0 Å². The van der Waals surface area contributed by atoms with Crippen LogP contribution in [-0.4, -0.2) is 37.3 Å². The van der Waals surface area contributed by atoms with Crippen LogP contribution in [0, 0.1) is 0 Å². The molecule has 1 saturated carbocycles. The van der Waals surface area contributed by atoms with Gasteiger partial charge >= 0.3 is 5.69 Å². The van der Waals surface area contributed by atoms with Crippen molar-refractivity contribution < 1.29 is 4.74 Å². The summed E-state index contributed by atoms with van der Waals surface area (Å²) in [6.45, 7) is 1.37. The van der Waals surface area contributed by atoms with Crippen molar-refractivity contribution in [2.24, 2.45) is 0 Å². The maximum absolute atomic E-state index is 12.0. The van der Waals surface area contributed by atoms with Gasteiger partial charge in [-0.2, -0.15) is 5.10 Å². The normalized spacial score (nSPS) is 21.8. The smallest absolute Gasteiger partial charge is 0.344 e. The van der Waals surface area contributed by atoms with Gasteiger partial charge in [0.15, 0.2) is 5.16 Å². The minimum absolute atomic E-state index is 0.126. The Hall–Kier alpha value is -1.54. The molecular weight excluding hydrogens is 326 g/mol. The Labute approximate surface area is 144 Å². The van der Waals surface area contributed by atoms with Crippen LogP contribution >= 0.6 is 11.8 Å². The second-order valence-corrected chi connectivity index (χ2v) is 7.51. The fraction of sp³-hybridized carbons (Fsp3) is 0.688. The maximum Gasteiger partial charge on any atom is 0.344 e. The van der Waals surface area contributed by atoms with Gasteiger partial charge in [-0.1, -0.05) is 24.6 Å². The van der Waals surface area contributed by atoms with Crippen LogP contribution in [0.15, 0.2) is 22.2 Å². The average molecular weight is 349 g/mol. The van der Waals surface area contributed by atoms with E-state index >= 15 is 0 Å². The Balaban J connectivity index is 1.39. The number of aromatic amines is 1. The average Bonchev–Trinajstić information content (AvgIpc) is 3.36. The largest absolute Gasteiger partial charge is 0.376 e. The minimum atomic E-state index is -0.163. The highest BCUT2D eigenvalue weighted by Crippen LogP contribution is 2.29. The molecular formula is C16H23N5O2S. The molecule has 4 rings (SSSR count). The lowest BCUT2D eigenvalue weighted by molar-refractivity contribution is 0.0941. The number of nitrogens with zero attached hydrogens (tertiary/aromatic N) is 4. The molecule has 7 nitrogen and oxygen atoms in total. The van der Waals surface area contributed by atoms with Crippen LogP contribution in [0.3, 0.4) is 0 Å². The highest BCUT2D eigenvalue weighted by atomic mass is 32.2. The standard InChI is InChI=1S/C16H23N5O2S/c22-15-17-18-16(20(15)10-14-6-3-9-23-14)24-11-12-7-8-21(19-12)13-4-1-2-5-13/h7-8,13-14H,1-6,9-11H2,(H,17,22). The van der Waals surface area contributed by atoms with Crippen molar-refractivity contribution in [2.45, 2.75) is 68.1 Å². The van der Waals surface area contributed by atoms with Crippen molar-refractivity contribution in [3.05, 3.63) is 28.4 Å². The third kappa shape index (κ3) is 3.44. The van der Waals surface area contributed by atoms with E-state index in [2.05, 4.69) is 27.1 Å². The first kappa shape index (κ1) is 16.0. The maximum atomic E-state index is 12.0. The lowest BCUT2D eigenvalue weighted by Crippen LogP contribution is -2.24. The third-order valence-corrected chi connectivity index (χ3v) is 5.85. The van der Waals surface area contributed by atoms with E-state index in [-0.39, 0.29) is 11.8 Å². The van der Waals surface area contributed by atoms with Crippen molar-refractivity contribution in [2.75, 3.05) is 6.61 Å². The summed E-state index contributed by atoms with van der Waals surface area (Å²) in [6.07, 6.45) is 9.35. The predicted octanol–water partition coefficient (Wildman–Crippen LogP) is 2.35. The van der Waals surface area contributed by atoms with Gasteiger partial charge in [0.1, 0.15) is 0 Å². The molecule has 1 unspecified atom stereocenters. The molecule has 3 heterocycles. The molecule has 2 fully saturated rings. The summed E-state index contributed by atoms with van der Waals surface area (Å²) in [6, 6.07) is 2.63. The van der Waals surface area contributed by atoms with Gasteiger partial charge in [0.05, 0.1) is 24.4 Å². The fourth-order valence-corrected chi connectivity index (χ4v) is 4.39. The molecule has 2 aromatic rings. The van der Waals surface area contributed by atoms with E-state index in [0.717, 1.165) is 30.9 Å². The quantitative estimate of drug-likeness (QED) is 0.810. The highest BCUT2D eigenvalue weighted by Gasteiger charge is 2.20. The van der Waals surface area contributed by atoms with Crippen LogP contribution in [-0.2, 0) is 17.0 Å². The first-order chi connectivity index (χ1) is 11.8. The van der Waals surface area contributed by atoms with Crippen molar-refractivity contribution in [3.8, 4) is 0 Å². The van der Waals surface area contributed by atoms with Crippen molar-refractivity contribution in [1.82, 2.24) is 24.5 Å². The summed E-state index contributed by atoms with van der Waals surface area (Å²) in [7, 11) is 0. The monoisotopic (exact) mass is 349 g/mol. The summed E-state index contributed by atoms with van der Waals surface area (Å²) in [5.74, 6) is 0.718. The van der Waals surface area contributed by atoms with E-state index in [1.54, 1.807) is 16.3 Å². The minimum Gasteiger partial charge on any atom is -0.376 e. The third-order valence-electron chi connectivity index (χ3n) is 4.84. The Morgan fingerprint density at radius 1 is 1.29 bits per heavy atom. The second-order valence-electron chi connectivity index (χ2n) is 6.57. The molecule has 0 spiro atoms. The van der Waals surface area contributed by atoms with Crippen LogP contribution in [0.1, 0.15) is 50.3 Å². The number of thioether (sulfide) groups is 1. The second kappa shape index (κ2) is 7.14. The molecule has 1 saturated heterocycles. The number of ether oxygens (including phenoxy) is 1. The molecule has 1 atom stereocenters. The lowest BCUT2D eigenvalue weighted by Gasteiger charge is -2.10. The summed E-state index contributed by atoms with van der Waals surface area (Å²) in [4.78, 5) is 12.0. The van der Waals surface area contributed by atoms with Gasteiger partial charge in [-0.05, 0) is 31.7 Å². The molecule has 2 aliphatic rings. The van der Waals surface area contributed by atoms with E-state index in [0.29, 0.717) is 17.7 Å². The Kier molecular flexibility index (Phi) is 4.75. The zero-order valence-electron chi connectivity index (χ0n) is 13.7. The summed E-state index contributed by atoms with van der Waals surface area (Å²) < 4.78 is 9.43. The van der Waals surface area contributed by atoms with Gasteiger partial charge in [-0.25, -0.2) is 9.89 Å². The van der Waals surface area contributed by atoms with Gasteiger partial charge in [0, 0.05) is 18.6 Å². The van der Waals surface area contributed by atoms with E-state index in [9.17, 15) is 4.79 Å². The Bertz CT molecular complexity index is 725. The van der Waals surface area contributed by atoms with Gasteiger partial charge in [0.25, 0.3) is 0 Å². The predicted molar refractivity (Wildman–Crippen MR) is 91.1 cm³/mol. The number of rotatable bonds is 6. The van der Waals surface area contributed by atoms with Crippen LogP contribution in [0.4, 0.5) is 0 Å². The van der Waals surface area contributed by atoms with Gasteiger partial charge in [-0.15, -0.1) is 5.10 Å². The van der Waals surface area contributed by atoms with Crippen molar-refractivity contribution in [3.63, 3.8) is 0 Å². The summed E-state index contributed by atoms with van der Waals surface area (Å²) >= 11 is 1.55. The highest BCUT2D eigenvalue weighted by molar-refractivity contribution is 7.98. The molecule has 0 aromatic carbocycles. The van der Waals surface area contributed by atoms with Crippen LogP contribution in [0.25, 0.3) is 0 Å². The summed E-state index contributed by atoms with van der Waals surface area (Å²) in [5, 5.41) is 12.1. The number of H-pyrrole nitrogens is 1. The van der Waals surface area contributed by atoms with E-state index in [1.165, 1.54) is 25.7 Å². The summed E-state index contributed by atoms with van der Waals surface area (Å²) in [5.41, 5.74) is 0.871. The molecule has 0 amide bonds. The van der Waals surface area contributed by atoms with Gasteiger partial charge in [-0.3, -0.25) is 9.25 Å². The van der Waals surface area contributed by atoms with Gasteiger partial charge < -0.3 is 4.74 Å². The molecule has 2 aromatic heterocycles. The van der Waals surface area contributed by atoms with E-state index in [1.807, 2.05) is 0 Å². The number of hydrogen-bond donors (Lipinski definition) is 1. The number of hydrogen-bond acceptors (Lipinski definition) is 5. The van der Waals surface area contributed by atoms with Crippen LogP contribution in [0.2, 0.25) is 0 Å². The fourth-order valence-electron chi connectivity index (χ4n) is 3.53. The number of nitrogens with one attached hydrogen (secondary N) is 1. The van der Waals surface area contributed by atoms with Crippen LogP contribution < -0.4 is 5.69 Å². The van der Waals surface area contributed by atoms with Gasteiger partial charge in [0.2, 0.25) is 0 Å². The molecule has 1 aliphatic carbocycles. The Morgan fingerprint density at radius 2 is 2.17 bits per heavy atom. The molecule has 1 aliphatic heterocycles. The zero-order chi connectivity index (χ0) is 16.4. The van der Waals surface area contributed by atoms with E-state index in [4.69, 9.17) is 9.84 Å². The van der Waals surface area contributed by atoms with Crippen molar-refractivity contribution >= 4 is 11.8 Å². The molecule has 130 valence electrons. The van der Waals surface area contributed by atoms with Crippen LogP contribution in [0.5, 0.6) is 0 Å². The Morgan fingerprint density at radius 3 is 2.96 bits per heavy atom. The molecule has 24 heavy (non-hydrogen) atoms. The molecule has 1 N–H and O–H groups in total. The first-order valence-corrected chi connectivity index (χ1v) is 9.72. The zero-order valence-corrected chi connectivity index (χ0v) is 14.5. The molecule has 0 radical (unpaired) electrons. The molecule has 0 bridgehead atoms. The SMILES string of the molecule is O=c1[nH]nc(SCc2ccn(C3CCCC3)n2)n1CC1CCCO1. The first-order valence-electron chi connectivity index (χ1n) is 8.73.